The molecule has 2 nitrogen and oxygen atoms in total. The Balaban J connectivity index is 1.59. The van der Waals surface area contributed by atoms with Crippen molar-refractivity contribution >= 4 is 34.5 Å². The van der Waals surface area contributed by atoms with E-state index in [1.807, 2.05) is 0 Å². The molecule has 0 saturated heterocycles. The van der Waals surface area contributed by atoms with E-state index in [0.29, 0.717) is 5.92 Å². The topological polar surface area (TPSA) is 17.3 Å². The fourth-order valence-electron chi connectivity index (χ4n) is 5.12. The van der Waals surface area contributed by atoms with Crippen LogP contribution in [0.15, 0.2) is 96.0 Å². The van der Waals surface area contributed by atoms with Crippen molar-refractivity contribution in [2.45, 2.75) is 25.8 Å². The predicted octanol–water partition coefficient (Wildman–Crippen LogP) is 5.72. The standard InChI is InChI=1S/C30H26N2/c1-21-16-17-30-26(18-21)25-14-8-9-15-29(25)32(30)24-19-27(22-10-4-2-5-11-22)31-28(20-24)23-12-6-3-7-13-23/h2-15,17-19,21,24H,16,20H2,1H3. The Morgan fingerprint density at radius 3 is 2.25 bits per heavy atom. The van der Waals surface area contributed by atoms with Crippen LogP contribution < -0.4 is 10.6 Å². The zero-order valence-corrected chi connectivity index (χ0v) is 18.3. The Bertz CT molecular complexity index is 1470. The summed E-state index contributed by atoms with van der Waals surface area (Å²) < 4.78 is 2.55. The molecule has 4 aromatic rings. The van der Waals surface area contributed by atoms with E-state index in [-0.39, 0.29) is 6.04 Å². The molecule has 1 aliphatic heterocycles. The molecule has 2 aliphatic rings. The average Bonchev–Trinajstić information content (AvgIpc) is 3.18. The highest BCUT2D eigenvalue weighted by atomic mass is 15.0. The van der Waals surface area contributed by atoms with Crippen molar-refractivity contribution < 1.29 is 0 Å². The fraction of sp³-hybridized carbons (Fsp3) is 0.167. The first-order valence-corrected chi connectivity index (χ1v) is 11.5. The Hall–Kier alpha value is -3.65. The number of para-hydroxylation sites is 1. The van der Waals surface area contributed by atoms with Gasteiger partial charge in [0, 0.05) is 27.9 Å². The van der Waals surface area contributed by atoms with Gasteiger partial charge in [0.25, 0.3) is 0 Å². The van der Waals surface area contributed by atoms with E-state index in [1.165, 1.54) is 32.6 Å². The number of rotatable bonds is 3. The highest BCUT2D eigenvalue weighted by molar-refractivity contribution is 6.05. The van der Waals surface area contributed by atoms with Gasteiger partial charge in [-0.25, -0.2) is 0 Å². The molecule has 156 valence electrons. The van der Waals surface area contributed by atoms with Crippen molar-refractivity contribution in [3.63, 3.8) is 0 Å². The summed E-state index contributed by atoms with van der Waals surface area (Å²) in [7, 11) is 0. The Morgan fingerprint density at radius 1 is 0.781 bits per heavy atom. The van der Waals surface area contributed by atoms with E-state index in [9.17, 15) is 0 Å². The highest BCUT2D eigenvalue weighted by Crippen LogP contribution is 2.31. The first kappa shape index (κ1) is 19.1. The number of aliphatic imine (C=N–C) groups is 1. The maximum Gasteiger partial charge on any atom is 0.0686 e. The molecule has 32 heavy (non-hydrogen) atoms. The van der Waals surface area contributed by atoms with Crippen LogP contribution in [-0.2, 0) is 0 Å². The highest BCUT2D eigenvalue weighted by Gasteiger charge is 2.23. The van der Waals surface area contributed by atoms with E-state index in [4.69, 9.17) is 4.99 Å². The summed E-state index contributed by atoms with van der Waals surface area (Å²) in [5.41, 5.74) is 5.88. The largest absolute Gasteiger partial charge is 0.333 e. The summed E-state index contributed by atoms with van der Waals surface area (Å²) in [6.45, 7) is 2.31. The summed E-state index contributed by atoms with van der Waals surface area (Å²) in [5, 5.41) is 4.09. The molecule has 0 N–H and O–H groups in total. The second-order valence-electron chi connectivity index (χ2n) is 8.88. The van der Waals surface area contributed by atoms with Crippen LogP contribution >= 0.6 is 0 Å². The summed E-state index contributed by atoms with van der Waals surface area (Å²) in [6.07, 6.45) is 9.22. The molecule has 3 aromatic carbocycles. The first-order valence-electron chi connectivity index (χ1n) is 11.5. The number of nitrogens with zero attached hydrogens (tertiary/aromatic N) is 2. The van der Waals surface area contributed by atoms with Gasteiger partial charge in [-0.2, -0.15) is 0 Å². The van der Waals surface area contributed by atoms with Crippen LogP contribution in [0.2, 0.25) is 0 Å². The molecule has 0 amide bonds. The van der Waals surface area contributed by atoms with Crippen LogP contribution in [0.3, 0.4) is 0 Å². The van der Waals surface area contributed by atoms with E-state index >= 15 is 0 Å². The second-order valence-corrected chi connectivity index (χ2v) is 8.88. The first-order chi connectivity index (χ1) is 15.8. The molecule has 2 atom stereocenters. The van der Waals surface area contributed by atoms with E-state index in [2.05, 4.69) is 115 Å². The Morgan fingerprint density at radius 2 is 1.47 bits per heavy atom. The molecule has 0 saturated carbocycles. The maximum atomic E-state index is 5.13. The van der Waals surface area contributed by atoms with Crippen molar-refractivity contribution in [1.29, 1.82) is 0 Å². The third-order valence-electron chi connectivity index (χ3n) is 6.64. The maximum absolute atomic E-state index is 5.13. The minimum Gasteiger partial charge on any atom is -0.333 e. The fourth-order valence-corrected chi connectivity index (χ4v) is 5.12. The third kappa shape index (κ3) is 3.23. The van der Waals surface area contributed by atoms with E-state index < -0.39 is 0 Å². The molecule has 0 radical (unpaired) electrons. The van der Waals surface area contributed by atoms with Gasteiger partial charge in [-0.15, -0.1) is 0 Å². The van der Waals surface area contributed by atoms with Crippen molar-refractivity contribution in [3.8, 4) is 0 Å². The lowest BCUT2D eigenvalue weighted by Gasteiger charge is -2.25. The van der Waals surface area contributed by atoms with Gasteiger partial charge < -0.3 is 4.57 Å². The lowest BCUT2D eigenvalue weighted by atomic mass is 9.96. The van der Waals surface area contributed by atoms with Crippen molar-refractivity contribution in [3.05, 3.63) is 113 Å². The quantitative estimate of drug-likeness (QED) is 0.408. The predicted molar refractivity (Wildman–Crippen MR) is 135 cm³/mol. The molecule has 2 unspecified atom stereocenters. The van der Waals surface area contributed by atoms with Gasteiger partial charge in [0.05, 0.1) is 17.5 Å². The smallest absolute Gasteiger partial charge is 0.0686 e. The van der Waals surface area contributed by atoms with Gasteiger partial charge >= 0.3 is 0 Å². The normalized spacial score (nSPS) is 20.0. The molecule has 1 aliphatic carbocycles. The zero-order chi connectivity index (χ0) is 21.5. The number of aromatic nitrogens is 1. The number of allylic oxidation sites excluding steroid dienone is 1. The SMILES string of the molecule is CC1C=c2c(n(C3C=C(c4ccccc4)N=C(c4ccccc4)C3)c3ccccc23)=CC1. The van der Waals surface area contributed by atoms with Crippen LogP contribution in [0.1, 0.15) is 36.9 Å². The van der Waals surface area contributed by atoms with Crippen LogP contribution in [0.25, 0.3) is 28.8 Å². The van der Waals surface area contributed by atoms with E-state index in [1.54, 1.807) is 0 Å². The van der Waals surface area contributed by atoms with Gasteiger partial charge in [-0.05, 0) is 35.6 Å². The van der Waals surface area contributed by atoms with Gasteiger partial charge in [0.2, 0.25) is 0 Å². The molecule has 2 heteroatoms. The lowest BCUT2D eigenvalue weighted by Crippen LogP contribution is -2.35. The van der Waals surface area contributed by atoms with Gasteiger partial charge in [-0.3, -0.25) is 4.99 Å². The summed E-state index contributed by atoms with van der Waals surface area (Å²) in [4.78, 5) is 5.13. The molecule has 0 fully saturated rings. The molecule has 2 heterocycles. The zero-order valence-electron chi connectivity index (χ0n) is 18.3. The van der Waals surface area contributed by atoms with Crippen LogP contribution in [0.4, 0.5) is 0 Å². The number of fused-ring (bicyclic) bond motifs is 3. The van der Waals surface area contributed by atoms with Crippen LogP contribution in [-0.4, -0.2) is 10.3 Å². The molecule has 6 rings (SSSR count). The Kier molecular flexibility index (Phi) is 4.65. The second kappa shape index (κ2) is 7.80. The van der Waals surface area contributed by atoms with Crippen LogP contribution in [0, 0.1) is 5.92 Å². The molecule has 1 aromatic heterocycles. The number of hydrogen-bond donors (Lipinski definition) is 0. The number of hydrogen-bond acceptors (Lipinski definition) is 1. The monoisotopic (exact) mass is 414 g/mol. The van der Waals surface area contributed by atoms with Crippen LogP contribution in [0.5, 0.6) is 0 Å². The molecular formula is C30H26N2. The summed E-state index contributed by atoms with van der Waals surface area (Å²) in [5.74, 6) is 0.574. The van der Waals surface area contributed by atoms with E-state index in [0.717, 1.165) is 24.3 Å². The lowest BCUT2D eigenvalue weighted by molar-refractivity contribution is 0.623. The summed E-state index contributed by atoms with van der Waals surface area (Å²) >= 11 is 0. The average molecular weight is 415 g/mol. The van der Waals surface area contributed by atoms with Gasteiger partial charge in [0.1, 0.15) is 0 Å². The van der Waals surface area contributed by atoms with Crippen molar-refractivity contribution in [1.82, 2.24) is 4.57 Å². The van der Waals surface area contributed by atoms with Crippen molar-refractivity contribution in [2.75, 3.05) is 0 Å². The van der Waals surface area contributed by atoms with Gasteiger partial charge in [0.15, 0.2) is 0 Å². The Labute approximate surface area is 188 Å². The van der Waals surface area contributed by atoms with Crippen molar-refractivity contribution in [2.24, 2.45) is 10.9 Å². The summed E-state index contributed by atoms with van der Waals surface area (Å²) in [6, 6.07) is 30.2. The molecular weight excluding hydrogens is 388 g/mol. The minimum absolute atomic E-state index is 0.213. The minimum atomic E-state index is 0.213. The molecule has 0 bridgehead atoms. The third-order valence-corrected chi connectivity index (χ3v) is 6.64. The molecule has 0 spiro atoms. The number of benzene rings is 3. The van der Waals surface area contributed by atoms with Gasteiger partial charge in [-0.1, -0.05) is 97.9 Å².